The molecule has 2 aliphatic rings. The summed E-state index contributed by atoms with van der Waals surface area (Å²) in [6.45, 7) is 0.812. The number of likely N-dealkylation sites (tertiary alicyclic amines) is 1. The minimum absolute atomic E-state index is 0.105. The lowest BCUT2D eigenvalue weighted by molar-refractivity contribution is 0.0620. The summed E-state index contributed by atoms with van der Waals surface area (Å²) >= 11 is 5.98. The van der Waals surface area contributed by atoms with Crippen molar-refractivity contribution < 1.29 is 4.79 Å². The zero-order chi connectivity index (χ0) is 18.4. The second-order valence-electron chi connectivity index (χ2n) is 7.45. The average molecular weight is 374 g/mol. The summed E-state index contributed by atoms with van der Waals surface area (Å²) in [7, 11) is 0. The number of nitrogens with zero attached hydrogens (tertiary/aromatic N) is 1. The molecule has 3 aromatic carbocycles. The smallest absolute Gasteiger partial charge is 0.254 e. The number of fused-ring (bicyclic) bond motifs is 5. The molecular weight excluding hydrogens is 354 g/mol. The molecule has 3 aromatic rings. The van der Waals surface area contributed by atoms with Crippen LogP contribution in [0.4, 0.5) is 0 Å². The Balaban J connectivity index is 1.51. The van der Waals surface area contributed by atoms with E-state index in [1.54, 1.807) is 12.1 Å². The van der Waals surface area contributed by atoms with E-state index < -0.39 is 0 Å². The number of benzene rings is 3. The third-order valence-electron chi connectivity index (χ3n) is 5.95. The first-order valence-corrected chi connectivity index (χ1v) is 9.84. The fourth-order valence-electron chi connectivity index (χ4n) is 4.59. The van der Waals surface area contributed by atoms with Crippen LogP contribution >= 0.6 is 11.6 Å². The molecule has 2 atom stereocenters. The first-order chi connectivity index (χ1) is 13.2. The molecule has 2 nitrogen and oxygen atoms in total. The van der Waals surface area contributed by atoms with E-state index in [2.05, 4.69) is 47.4 Å². The van der Waals surface area contributed by atoms with Gasteiger partial charge in [0.15, 0.2) is 0 Å². The van der Waals surface area contributed by atoms with Crippen molar-refractivity contribution in [3.63, 3.8) is 0 Å². The van der Waals surface area contributed by atoms with Crippen LogP contribution < -0.4 is 0 Å². The van der Waals surface area contributed by atoms with Gasteiger partial charge in [-0.1, -0.05) is 54.1 Å². The molecule has 0 N–H and O–H groups in total. The molecule has 2 bridgehead atoms. The third-order valence-corrected chi connectivity index (χ3v) is 6.20. The van der Waals surface area contributed by atoms with Crippen molar-refractivity contribution in [2.45, 2.75) is 24.8 Å². The Morgan fingerprint density at radius 3 is 2.44 bits per heavy atom. The quantitative estimate of drug-likeness (QED) is 0.533. The number of carbonyl (C=O) groups is 1. The van der Waals surface area contributed by atoms with Gasteiger partial charge < -0.3 is 4.90 Å². The van der Waals surface area contributed by atoms with Crippen molar-refractivity contribution in [1.82, 2.24) is 4.90 Å². The molecule has 0 saturated carbocycles. The van der Waals surface area contributed by atoms with Crippen LogP contribution in [-0.4, -0.2) is 17.4 Å². The van der Waals surface area contributed by atoms with E-state index in [9.17, 15) is 4.79 Å². The Hall–Kier alpha value is -2.58. The highest BCUT2D eigenvalue weighted by Gasteiger charge is 2.41. The van der Waals surface area contributed by atoms with Gasteiger partial charge in [0.25, 0.3) is 5.91 Å². The molecule has 1 heterocycles. The molecule has 1 aliphatic heterocycles. The lowest BCUT2D eigenvalue weighted by atomic mass is 9.94. The van der Waals surface area contributed by atoms with Gasteiger partial charge in [-0.3, -0.25) is 4.79 Å². The van der Waals surface area contributed by atoms with Gasteiger partial charge in [-0.15, -0.1) is 0 Å². The van der Waals surface area contributed by atoms with E-state index >= 15 is 0 Å². The predicted octanol–water partition coefficient (Wildman–Crippen LogP) is 6.08. The number of rotatable bonds is 2. The molecule has 0 radical (unpaired) electrons. The van der Waals surface area contributed by atoms with E-state index in [0.717, 1.165) is 19.4 Å². The highest BCUT2D eigenvalue weighted by Crippen LogP contribution is 2.50. The number of hydrogen-bond acceptors (Lipinski definition) is 1. The van der Waals surface area contributed by atoms with Gasteiger partial charge in [-0.05, 0) is 71.3 Å². The Bertz CT molecular complexity index is 997. The minimum Gasteiger partial charge on any atom is -0.332 e. The Morgan fingerprint density at radius 1 is 0.889 bits per heavy atom. The van der Waals surface area contributed by atoms with Crippen molar-refractivity contribution in [3.05, 3.63) is 94.5 Å². The van der Waals surface area contributed by atoms with Gasteiger partial charge in [0.05, 0.1) is 6.04 Å². The Labute approximate surface area is 164 Å². The van der Waals surface area contributed by atoms with Crippen LogP contribution in [-0.2, 0) is 0 Å². The summed E-state index contributed by atoms with van der Waals surface area (Å²) in [4.78, 5) is 15.2. The molecule has 134 valence electrons. The van der Waals surface area contributed by atoms with Crippen molar-refractivity contribution in [3.8, 4) is 11.1 Å². The Morgan fingerprint density at radius 2 is 1.67 bits per heavy atom. The summed E-state index contributed by atoms with van der Waals surface area (Å²) in [5, 5.41) is 0.656. The lowest BCUT2D eigenvalue weighted by Gasteiger charge is -2.34. The second-order valence-corrected chi connectivity index (χ2v) is 7.89. The molecule has 27 heavy (non-hydrogen) atoms. The summed E-state index contributed by atoms with van der Waals surface area (Å²) in [6.07, 6.45) is 2.07. The zero-order valence-electron chi connectivity index (χ0n) is 14.9. The van der Waals surface area contributed by atoms with Gasteiger partial charge >= 0.3 is 0 Å². The summed E-state index contributed by atoms with van der Waals surface area (Å²) in [5.41, 5.74) is 5.90. The van der Waals surface area contributed by atoms with Gasteiger partial charge in [0.2, 0.25) is 0 Å². The van der Waals surface area contributed by atoms with Crippen LogP contribution in [0.15, 0.2) is 72.8 Å². The number of hydrogen-bond donors (Lipinski definition) is 0. The van der Waals surface area contributed by atoms with E-state index in [1.807, 2.05) is 18.2 Å². The summed E-state index contributed by atoms with van der Waals surface area (Å²) < 4.78 is 0. The molecule has 0 spiro atoms. The predicted molar refractivity (Wildman–Crippen MR) is 109 cm³/mol. The van der Waals surface area contributed by atoms with Crippen molar-refractivity contribution in [1.29, 1.82) is 0 Å². The number of carbonyl (C=O) groups excluding carboxylic acids is 1. The Kier molecular flexibility index (Phi) is 4.02. The van der Waals surface area contributed by atoms with Crippen LogP contribution in [0.5, 0.6) is 0 Å². The first kappa shape index (κ1) is 16.6. The molecule has 1 fully saturated rings. The van der Waals surface area contributed by atoms with E-state index in [0.29, 0.717) is 16.5 Å². The van der Waals surface area contributed by atoms with Gasteiger partial charge in [0.1, 0.15) is 0 Å². The third kappa shape index (κ3) is 2.85. The molecular formula is C24H20ClNO. The molecule has 1 saturated heterocycles. The molecule has 1 aliphatic carbocycles. The maximum Gasteiger partial charge on any atom is 0.254 e. The lowest BCUT2D eigenvalue weighted by Crippen LogP contribution is -2.37. The maximum absolute atomic E-state index is 13.1. The second kappa shape index (κ2) is 6.54. The standard InChI is InChI=1S/C24H20ClNO/c25-20-9-6-17(7-10-20)24(27)26-13-12-19-15-23(26)22-14-18(8-11-21(19)22)16-4-2-1-3-5-16/h1-11,14,19,23H,12-13,15H2/t19-,23-/m1/s1. The topological polar surface area (TPSA) is 20.3 Å². The van der Waals surface area contributed by atoms with E-state index in [4.69, 9.17) is 11.6 Å². The van der Waals surface area contributed by atoms with E-state index in [-0.39, 0.29) is 11.9 Å². The van der Waals surface area contributed by atoms with Crippen LogP contribution in [0, 0.1) is 0 Å². The fourth-order valence-corrected chi connectivity index (χ4v) is 4.72. The molecule has 0 aromatic heterocycles. The first-order valence-electron chi connectivity index (χ1n) is 9.46. The zero-order valence-corrected chi connectivity index (χ0v) is 15.7. The van der Waals surface area contributed by atoms with Crippen molar-refractivity contribution >= 4 is 17.5 Å². The van der Waals surface area contributed by atoms with Gasteiger partial charge in [0, 0.05) is 17.1 Å². The van der Waals surface area contributed by atoms with Gasteiger partial charge in [-0.25, -0.2) is 0 Å². The van der Waals surface area contributed by atoms with Crippen LogP contribution in [0.25, 0.3) is 11.1 Å². The number of amides is 1. The highest BCUT2D eigenvalue weighted by atomic mass is 35.5. The van der Waals surface area contributed by atoms with Crippen LogP contribution in [0.3, 0.4) is 0 Å². The monoisotopic (exact) mass is 373 g/mol. The summed E-state index contributed by atoms with van der Waals surface area (Å²) in [6, 6.07) is 24.6. The highest BCUT2D eigenvalue weighted by molar-refractivity contribution is 6.30. The largest absolute Gasteiger partial charge is 0.332 e. The van der Waals surface area contributed by atoms with Crippen LogP contribution in [0.1, 0.15) is 46.3 Å². The molecule has 3 heteroatoms. The average Bonchev–Trinajstić information content (AvgIpc) is 3.00. The molecule has 5 rings (SSSR count). The number of halogens is 1. The van der Waals surface area contributed by atoms with Crippen molar-refractivity contribution in [2.75, 3.05) is 6.54 Å². The molecule has 1 amide bonds. The normalized spacial score (nSPS) is 20.4. The van der Waals surface area contributed by atoms with Crippen LogP contribution in [0.2, 0.25) is 5.02 Å². The SMILES string of the molecule is O=C(c1ccc(Cl)cc1)N1CC[C@@H]2C[C@@H]1c1cc(-c3ccccc3)ccc12. The molecule has 0 unspecified atom stereocenters. The maximum atomic E-state index is 13.1. The van der Waals surface area contributed by atoms with Crippen molar-refractivity contribution in [2.24, 2.45) is 0 Å². The summed E-state index contributed by atoms with van der Waals surface area (Å²) in [5.74, 6) is 0.678. The number of piperidine rings is 1. The fraction of sp³-hybridized carbons (Fsp3) is 0.208. The van der Waals surface area contributed by atoms with E-state index in [1.165, 1.54) is 22.3 Å². The minimum atomic E-state index is 0.105. The van der Waals surface area contributed by atoms with Gasteiger partial charge in [-0.2, -0.15) is 0 Å².